The lowest BCUT2D eigenvalue weighted by atomic mass is 10.2. The van der Waals surface area contributed by atoms with E-state index in [1.165, 1.54) is 0 Å². The Balaban J connectivity index is 1.87. The van der Waals surface area contributed by atoms with Crippen molar-refractivity contribution < 1.29 is 9.84 Å². The molecule has 0 unspecified atom stereocenters. The molecule has 1 aliphatic carbocycles. The normalized spacial score (nSPS) is 17.8. The average Bonchev–Trinajstić information content (AvgIpc) is 2.99. The lowest BCUT2D eigenvalue weighted by Gasteiger charge is -2.12. The molecule has 14 heavy (non-hydrogen) atoms. The number of aliphatic hydroxyl groups is 1. The third-order valence-electron chi connectivity index (χ3n) is 2.49. The van der Waals surface area contributed by atoms with E-state index >= 15 is 0 Å². The van der Waals surface area contributed by atoms with Crippen LogP contribution in [0.2, 0.25) is 0 Å². The molecule has 3 heteroatoms. The van der Waals surface area contributed by atoms with E-state index in [2.05, 4.69) is 0 Å². The minimum atomic E-state index is -0.338. The minimum Gasteiger partial charge on any atom is -0.489 e. The molecule has 0 saturated heterocycles. The molecule has 0 heterocycles. The maximum absolute atomic E-state index is 9.58. The molecule has 0 bridgehead atoms. The van der Waals surface area contributed by atoms with Crippen molar-refractivity contribution in [3.63, 3.8) is 0 Å². The zero-order chi connectivity index (χ0) is 9.97. The van der Waals surface area contributed by atoms with Crippen molar-refractivity contribution in [3.05, 3.63) is 24.3 Å². The predicted molar refractivity (Wildman–Crippen MR) is 55.1 cm³/mol. The molecule has 1 aliphatic rings. The van der Waals surface area contributed by atoms with Crippen LogP contribution < -0.4 is 10.5 Å². The van der Waals surface area contributed by atoms with Gasteiger partial charge in [0.05, 0.1) is 11.8 Å². The molecule has 1 saturated carbocycles. The van der Waals surface area contributed by atoms with E-state index in [-0.39, 0.29) is 6.10 Å². The number of para-hydroxylation sites is 2. The number of benzene rings is 1. The van der Waals surface area contributed by atoms with Crippen molar-refractivity contribution >= 4 is 5.69 Å². The lowest BCUT2D eigenvalue weighted by Crippen LogP contribution is -2.19. The summed E-state index contributed by atoms with van der Waals surface area (Å²) < 4.78 is 5.42. The van der Waals surface area contributed by atoms with Gasteiger partial charge in [-0.05, 0) is 30.9 Å². The molecule has 3 N–H and O–H groups in total. The first-order valence-corrected chi connectivity index (χ1v) is 4.93. The number of anilines is 1. The molecule has 1 aromatic rings. The quantitative estimate of drug-likeness (QED) is 0.711. The molecule has 2 rings (SSSR count). The largest absolute Gasteiger partial charge is 0.489 e. The molecule has 0 aliphatic heterocycles. The van der Waals surface area contributed by atoms with Gasteiger partial charge in [0.15, 0.2) is 0 Å². The SMILES string of the molecule is Nc1ccccc1OC[C@@H](O)C1CC1. The van der Waals surface area contributed by atoms with Crippen LogP contribution in [0.4, 0.5) is 5.69 Å². The van der Waals surface area contributed by atoms with Crippen LogP contribution in [-0.4, -0.2) is 17.8 Å². The molecule has 0 aromatic heterocycles. The van der Waals surface area contributed by atoms with E-state index in [0.29, 0.717) is 24.0 Å². The fourth-order valence-corrected chi connectivity index (χ4v) is 1.40. The van der Waals surface area contributed by atoms with Gasteiger partial charge in [-0.15, -0.1) is 0 Å². The number of ether oxygens (including phenoxy) is 1. The number of hydrogen-bond acceptors (Lipinski definition) is 3. The Morgan fingerprint density at radius 2 is 2.14 bits per heavy atom. The summed E-state index contributed by atoms with van der Waals surface area (Å²) in [4.78, 5) is 0. The maximum Gasteiger partial charge on any atom is 0.142 e. The molecule has 3 nitrogen and oxygen atoms in total. The van der Waals surface area contributed by atoms with E-state index in [1.807, 2.05) is 18.2 Å². The van der Waals surface area contributed by atoms with Crippen LogP contribution in [0, 0.1) is 5.92 Å². The van der Waals surface area contributed by atoms with E-state index < -0.39 is 0 Å². The molecule has 1 atom stereocenters. The predicted octanol–water partition coefficient (Wildman–Crippen LogP) is 1.42. The minimum absolute atomic E-state index is 0.338. The second kappa shape index (κ2) is 3.88. The molecular weight excluding hydrogens is 178 g/mol. The van der Waals surface area contributed by atoms with Crippen molar-refractivity contribution in [2.45, 2.75) is 18.9 Å². The fourth-order valence-electron chi connectivity index (χ4n) is 1.40. The highest BCUT2D eigenvalue weighted by atomic mass is 16.5. The second-order valence-corrected chi connectivity index (χ2v) is 3.75. The standard InChI is InChI=1S/C11H15NO2/c12-9-3-1-2-4-11(9)14-7-10(13)8-5-6-8/h1-4,8,10,13H,5-7,12H2/t10-/m1/s1. The van der Waals surface area contributed by atoms with Crippen LogP contribution in [-0.2, 0) is 0 Å². The van der Waals surface area contributed by atoms with Gasteiger partial charge in [0.1, 0.15) is 12.4 Å². The topological polar surface area (TPSA) is 55.5 Å². The van der Waals surface area contributed by atoms with Crippen molar-refractivity contribution in [1.82, 2.24) is 0 Å². The van der Waals surface area contributed by atoms with Gasteiger partial charge in [0, 0.05) is 0 Å². The van der Waals surface area contributed by atoms with Gasteiger partial charge in [-0.25, -0.2) is 0 Å². The molecule has 0 spiro atoms. The summed E-state index contributed by atoms with van der Waals surface area (Å²) in [5.74, 6) is 1.10. The molecule has 0 amide bonds. The Bertz CT molecular complexity index is 310. The fraction of sp³-hybridized carbons (Fsp3) is 0.455. The second-order valence-electron chi connectivity index (χ2n) is 3.75. The highest BCUT2D eigenvalue weighted by Crippen LogP contribution is 2.33. The summed E-state index contributed by atoms with van der Waals surface area (Å²) in [5, 5.41) is 9.58. The molecule has 76 valence electrons. The van der Waals surface area contributed by atoms with Gasteiger partial charge in [-0.3, -0.25) is 0 Å². The highest BCUT2D eigenvalue weighted by molar-refractivity contribution is 5.51. The van der Waals surface area contributed by atoms with Crippen LogP contribution in [0.1, 0.15) is 12.8 Å². The zero-order valence-electron chi connectivity index (χ0n) is 8.02. The van der Waals surface area contributed by atoms with Crippen molar-refractivity contribution in [1.29, 1.82) is 0 Å². The Labute approximate surface area is 83.5 Å². The molecule has 0 radical (unpaired) electrons. The zero-order valence-corrected chi connectivity index (χ0v) is 8.02. The van der Waals surface area contributed by atoms with Gasteiger partial charge in [-0.1, -0.05) is 12.1 Å². The highest BCUT2D eigenvalue weighted by Gasteiger charge is 2.30. The number of nitrogens with two attached hydrogens (primary N) is 1. The number of nitrogen functional groups attached to an aromatic ring is 1. The smallest absolute Gasteiger partial charge is 0.142 e. The number of hydrogen-bond donors (Lipinski definition) is 2. The van der Waals surface area contributed by atoms with E-state index in [1.54, 1.807) is 6.07 Å². The molecule has 1 aromatic carbocycles. The van der Waals surface area contributed by atoms with Gasteiger partial charge < -0.3 is 15.6 Å². The Morgan fingerprint density at radius 1 is 1.43 bits per heavy atom. The Morgan fingerprint density at radius 3 is 2.79 bits per heavy atom. The van der Waals surface area contributed by atoms with Crippen molar-refractivity contribution in [2.75, 3.05) is 12.3 Å². The third kappa shape index (κ3) is 2.17. The van der Waals surface area contributed by atoms with Gasteiger partial charge in [0.25, 0.3) is 0 Å². The van der Waals surface area contributed by atoms with Crippen LogP contribution in [0.5, 0.6) is 5.75 Å². The van der Waals surface area contributed by atoms with Gasteiger partial charge >= 0.3 is 0 Å². The first-order valence-electron chi connectivity index (χ1n) is 4.93. The first kappa shape index (κ1) is 9.34. The Hall–Kier alpha value is -1.22. The average molecular weight is 193 g/mol. The number of aliphatic hydroxyl groups excluding tert-OH is 1. The summed E-state index contributed by atoms with van der Waals surface area (Å²) in [5.41, 5.74) is 6.31. The number of rotatable bonds is 4. The summed E-state index contributed by atoms with van der Waals surface area (Å²) in [6, 6.07) is 7.34. The summed E-state index contributed by atoms with van der Waals surface area (Å²) in [6.07, 6.45) is 1.90. The van der Waals surface area contributed by atoms with Gasteiger partial charge in [-0.2, -0.15) is 0 Å². The van der Waals surface area contributed by atoms with Crippen molar-refractivity contribution in [3.8, 4) is 5.75 Å². The van der Waals surface area contributed by atoms with E-state index in [0.717, 1.165) is 12.8 Å². The van der Waals surface area contributed by atoms with E-state index in [9.17, 15) is 5.11 Å². The van der Waals surface area contributed by atoms with Crippen LogP contribution in [0.3, 0.4) is 0 Å². The summed E-state index contributed by atoms with van der Waals surface area (Å²) >= 11 is 0. The van der Waals surface area contributed by atoms with E-state index in [4.69, 9.17) is 10.5 Å². The third-order valence-corrected chi connectivity index (χ3v) is 2.49. The monoisotopic (exact) mass is 193 g/mol. The van der Waals surface area contributed by atoms with Crippen LogP contribution in [0.25, 0.3) is 0 Å². The van der Waals surface area contributed by atoms with Gasteiger partial charge in [0.2, 0.25) is 0 Å². The summed E-state index contributed by atoms with van der Waals surface area (Å²) in [7, 11) is 0. The van der Waals surface area contributed by atoms with Crippen molar-refractivity contribution in [2.24, 2.45) is 5.92 Å². The van der Waals surface area contributed by atoms with Crippen LogP contribution in [0.15, 0.2) is 24.3 Å². The first-order chi connectivity index (χ1) is 6.77. The lowest BCUT2D eigenvalue weighted by molar-refractivity contribution is 0.0898. The maximum atomic E-state index is 9.58. The molecule has 1 fully saturated rings. The summed E-state index contributed by atoms with van der Waals surface area (Å²) in [6.45, 7) is 0.346. The Kier molecular flexibility index (Phi) is 2.59. The molecular formula is C11H15NO2. The van der Waals surface area contributed by atoms with Crippen LogP contribution >= 0.6 is 0 Å².